The summed E-state index contributed by atoms with van der Waals surface area (Å²) in [6.07, 6.45) is -6.24. The third-order valence-electron chi connectivity index (χ3n) is 2.25. The van der Waals surface area contributed by atoms with Gasteiger partial charge in [-0.3, -0.25) is 9.59 Å². The zero-order valence-corrected chi connectivity index (χ0v) is 8.57. The average molecular weight is 237 g/mol. The Labute approximate surface area is 90.9 Å². The summed E-state index contributed by atoms with van der Waals surface area (Å²) >= 11 is 0. The lowest BCUT2D eigenvalue weighted by Crippen LogP contribution is -2.63. The molecule has 0 aliphatic heterocycles. The van der Waals surface area contributed by atoms with Gasteiger partial charge in [0.2, 0.25) is 5.60 Å². The van der Waals surface area contributed by atoms with E-state index in [-0.39, 0.29) is 0 Å². The van der Waals surface area contributed by atoms with E-state index in [4.69, 9.17) is 15.9 Å². The van der Waals surface area contributed by atoms with Crippen LogP contribution in [0.4, 0.5) is 0 Å². The van der Waals surface area contributed by atoms with Crippen molar-refractivity contribution < 1.29 is 35.1 Å². The molecule has 8 heteroatoms. The third kappa shape index (κ3) is 2.54. The fraction of sp³-hybridized carbons (Fsp3) is 0.750. The fourth-order valence-electron chi connectivity index (χ4n) is 1.09. The van der Waals surface area contributed by atoms with Crippen LogP contribution >= 0.6 is 0 Å². The Morgan fingerprint density at radius 2 is 1.75 bits per heavy atom. The summed E-state index contributed by atoms with van der Waals surface area (Å²) in [4.78, 5) is 21.9. The standard InChI is InChI=1S/C8H15NO7/c1-3(11)8(16,7(9)15)6(14)5(13)4(12)2-10/h4-6,10,12-14,16H,2H2,1H3,(H2,9,15)/t4-,5+,6+,8-/m1/s1. The number of rotatable bonds is 6. The number of nitrogens with two attached hydrogens (primary N) is 1. The van der Waals surface area contributed by atoms with Crippen LogP contribution in [0.5, 0.6) is 0 Å². The minimum Gasteiger partial charge on any atom is -0.394 e. The normalized spacial score (nSPS) is 20.6. The molecular weight excluding hydrogens is 222 g/mol. The highest BCUT2D eigenvalue weighted by Gasteiger charge is 2.51. The van der Waals surface area contributed by atoms with Gasteiger partial charge in [0.15, 0.2) is 5.78 Å². The molecule has 94 valence electrons. The SMILES string of the molecule is CC(=O)[C@](O)(C(N)=O)[C@@H](O)[C@@H](O)[C@H](O)CO. The van der Waals surface area contributed by atoms with Gasteiger partial charge in [0.1, 0.15) is 18.3 Å². The van der Waals surface area contributed by atoms with Crippen LogP contribution in [0.25, 0.3) is 0 Å². The van der Waals surface area contributed by atoms with Gasteiger partial charge < -0.3 is 31.3 Å². The molecule has 0 saturated heterocycles. The van der Waals surface area contributed by atoms with Crippen LogP contribution in [0.1, 0.15) is 6.92 Å². The summed E-state index contributed by atoms with van der Waals surface area (Å²) in [5.41, 5.74) is 1.72. The third-order valence-corrected chi connectivity index (χ3v) is 2.25. The topological polar surface area (TPSA) is 161 Å². The predicted octanol–water partition coefficient (Wildman–Crippen LogP) is -4.13. The van der Waals surface area contributed by atoms with Crippen LogP contribution in [0, 0.1) is 0 Å². The first-order valence-electron chi connectivity index (χ1n) is 4.37. The van der Waals surface area contributed by atoms with Crippen molar-refractivity contribution in [3.05, 3.63) is 0 Å². The van der Waals surface area contributed by atoms with E-state index in [0.29, 0.717) is 0 Å². The number of primary amides is 1. The van der Waals surface area contributed by atoms with Crippen LogP contribution in [-0.2, 0) is 9.59 Å². The Bertz CT molecular complexity index is 266. The summed E-state index contributed by atoms with van der Waals surface area (Å²) in [5.74, 6) is -2.74. The number of hydrogen-bond donors (Lipinski definition) is 6. The summed E-state index contributed by atoms with van der Waals surface area (Å²) in [6.45, 7) is -0.142. The molecule has 0 aliphatic rings. The van der Waals surface area contributed by atoms with Crippen LogP contribution in [-0.4, -0.2) is 67.7 Å². The molecule has 0 radical (unpaired) electrons. The Morgan fingerprint density at radius 1 is 1.31 bits per heavy atom. The maximum atomic E-state index is 11.0. The van der Waals surface area contributed by atoms with Crippen molar-refractivity contribution in [1.29, 1.82) is 0 Å². The number of ketones is 1. The highest BCUT2D eigenvalue weighted by atomic mass is 16.4. The molecule has 0 fully saturated rings. The van der Waals surface area contributed by atoms with E-state index in [1.54, 1.807) is 0 Å². The van der Waals surface area contributed by atoms with Crippen molar-refractivity contribution in [2.45, 2.75) is 30.8 Å². The van der Waals surface area contributed by atoms with Crippen molar-refractivity contribution in [2.24, 2.45) is 5.73 Å². The lowest BCUT2D eigenvalue weighted by molar-refractivity contribution is -0.179. The number of Topliss-reactive ketones (excluding diaryl/α,β-unsaturated/α-hetero) is 1. The van der Waals surface area contributed by atoms with Gasteiger partial charge in [-0.15, -0.1) is 0 Å². The lowest BCUT2D eigenvalue weighted by atomic mass is 9.86. The second kappa shape index (κ2) is 5.32. The maximum Gasteiger partial charge on any atom is 0.260 e. The van der Waals surface area contributed by atoms with Gasteiger partial charge in [0.05, 0.1) is 6.61 Å². The maximum absolute atomic E-state index is 11.0. The number of amides is 1. The molecule has 0 heterocycles. The van der Waals surface area contributed by atoms with E-state index in [1.807, 2.05) is 0 Å². The minimum atomic E-state index is -3.00. The van der Waals surface area contributed by atoms with Crippen molar-refractivity contribution in [2.75, 3.05) is 6.61 Å². The highest BCUT2D eigenvalue weighted by Crippen LogP contribution is 2.17. The lowest BCUT2D eigenvalue weighted by Gasteiger charge is -2.31. The van der Waals surface area contributed by atoms with E-state index in [2.05, 4.69) is 0 Å². The van der Waals surface area contributed by atoms with Gasteiger partial charge in [-0.05, 0) is 6.92 Å². The molecule has 0 bridgehead atoms. The largest absolute Gasteiger partial charge is 0.394 e. The molecule has 8 nitrogen and oxygen atoms in total. The van der Waals surface area contributed by atoms with Crippen molar-refractivity contribution in [1.82, 2.24) is 0 Å². The van der Waals surface area contributed by atoms with E-state index in [0.717, 1.165) is 6.92 Å². The molecule has 0 aromatic heterocycles. The molecule has 0 unspecified atom stereocenters. The van der Waals surface area contributed by atoms with Gasteiger partial charge >= 0.3 is 0 Å². The Kier molecular flexibility index (Phi) is 4.97. The molecule has 0 spiro atoms. The Hall–Kier alpha value is -1.06. The van der Waals surface area contributed by atoms with Gasteiger partial charge in [-0.2, -0.15) is 0 Å². The molecular formula is C8H15NO7. The van der Waals surface area contributed by atoms with Crippen LogP contribution < -0.4 is 5.73 Å². The summed E-state index contributed by atoms with van der Waals surface area (Å²) in [7, 11) is 0. The molecule has 4 atom stereocenters. The van der Waals surface area contributed by atoms with Crippen molar-refractivity contribution in [3.63, 3.8) is 0 Å². The van der Waals surface area contributed by atoms with Crippen LogP contribution in [0.15, 0.2) is 0 Å². The van der Waals surface area contributed by atoms with Crippen LogP contribution in [0.2, 0.25) is 0 Å². The quantitative estimate of drug-likeness (QED) is 0.255. The fourth-order valence-corrected chi connectivity index (χ4v) is 1.09. The van der Waals surface area contributed by atoms with Crippen molar-refractivity contribution >= 4 is 11.7 Å². The summed E-state index contributed by atoms with van der Waals surface area (Å²) in [5, 5.41) is 45.6. The van der Waals surface area contributed by atoms with Gasteiger partial charge in [-0.1, -0.05) is 0 Å². The van der Waals surface area contributed by atoms with Crippen molar-refractivity contribution in [3.8, 4) is 0 Å². The average Bonchev–Trinajstić information content (AvgIpc) is 2.23. The monoisotopic (exact) mass is 237 g/mol. The van der Waals surface area contributed by atoms with E-state index >= 15 is 0 Å². The minimum absolute atomic E-state index is 0.784. The molecule has 0 rings (SSSR count). The van der Waals surface area contributed by atoms with E-state index < -0.39 is 42.2 Å². The molecule has 16 heavy (non-hydrogen) atoms. The van der Waals surface area contributed by atoms with Gasteiger partial charge in [0.25, 0.3) is 5.91 Å². The molecule has 0 aromatic carbocycles. The second-order valence-corrected chi connectivity index (χ2v) is 3.37. The smallest absolute Gasteiger partial charge is 0.260 e. The Morgan fingerprint density at radius 3 is 2.00 bits per heavy atom. The molecule has 7 N–H and O–H groups in total. The molecule has 0 aliphatic carbocycles. The van der Waals surface area contributed by atoms with E-state index in [1.165, 1.54) is 0 Å². The van der Waals surface area contributed by atoms with Crippen LogP contribution in [0.3, 0.4) is 0 Å². The van der Waals surface area contributed by atoms with Gasteiger partial charge in [0, 0.05) is 0 Å². The number of carbonyl (C=O) groups is 2. The number of aliphatic hydroxyl groups excluding tert-OH is 4. The number of hydrogen-bond acceptors (Lipinski definition) is 7. The molecule has 0 aromatic rings. The first kappa shape index (κ1) is 14.9. The summed E-state index contributed by atoms with van der Waals surface area (Å²) in [6, 6.07) is 0. The number of carbonyl (C=O) groups excluding carboxylic acids is 2. The summed E-state index contributed by atoms with van der Waals surface area (Å²) < 4.78 is 0. The van der Waals surface area contributed by atoms with E-state index in [9.17, 15) is 24.9 Å². The second-order valence-electron chi connectivity index (χ2n) is 3.37. The number of aliphatic hydroxyl groups is 5. The Balaban J connectivity index is 5.11. The highest BCUT2D eigenvalue weighted by molar-refractivity contribution is 6.08. The van der Waals surface area contributed by atoms with Gasteiger partial charge in [-0.25, -0.2) is 0 Å². The first-order chi connectivity index (χ1) is 7.19. The first-order valence-corrected chi connectivity index (χ1v) is 4.37. The molecule has 1 amide bonds. The zero-order valence-electron chi connectivity index (χ0n) is 8.57. The zero-order chi connectivity index (χ0) is 13.1. The predicted molar refractivity (Wildman–Crippen MR) is 49.9 cm³/mol. The molecule has 0 saturated carbocycles.